The molecule has 0 aliphatic heterocycles. The van der Waals surface area contributed by atoms with E-state index in [1.54, 1.807) is 6.07 Å². The maximum atomic E-state index is 12.6. The molecule has 116 valence electrons. The van der Waals surface area contributed by atoms with Crippen LogP contribution in [0.1, 0.15) is 48.9 Å². The summed E-state index contributed by atoms with van der Waals surface area (Å²) in [6.45, 7) is 0. The molecular weight excluding hydrogens is 276 g/mol. The number of anilines is 1. The average Bonchev–Trinajstić information content (AvgIpc) is 3.08. The number of benzene rings is 1. The van der Waals surface area contributed by atoms with Gasteiger partial charge in [-0.1, -0.05) is 18.6 Å². The fourth-order valence-electron chi connectivity index (χ4n) is 4.07. The van der Waals surface area contributed by atoms with Gasteiger partial charge in [0.2, 0.25) is 5.91 Å². The van der Waals surface area contributed by atoms with Gasteiger partial charge in [0.15, 0.2) is 0 Å². The first kappa shape index (κ1) is 13.8. The maximum absolute atomic E-state index is 12.6. The second-order valence-corrected chi connectivity index (χ2v) is 7.06. The summed E-state index contributed by atoms with van der Waals surface area (Å²) in [5.41, 5.74) is 1.22. The number of para-hydroxylation sites is 1. The molecule has 1 aromatic carbocycles. The van der Waals surface area contributed by atoms with E-state index in [2.05, 4.69) is 10.6 Å². The standard InChI is InChI=1S/C18H22N2O2/c21-17(19-13-7-8-13)14-3-1-2-4-16(14)20-18(22)15-10-11-5-6-12(15)9-11/h1-4,11-13,15H,5-10H2,(H,19,21)(H,20,22). The maximum Gasteiger partial charge on any atom is 0.253 e. The van der Waals surface area contributed by atoms with E-state index in [9.17, 15) is 9.59 Å². The third kappa shape index (κ3) is 2.62. The molecule has 2 amide bonds. The molecule has 4 nitrogen and oxygen atoms in total. The van der Waals surface area contributed by atoms with E-state index < -0.39 is 0 Å². The van der Waals surface area contributed by atoms with Gasteiger partial charge in [-0.2, -0.15) is 0 Å². The highest BCUT2D eigenvalue weighted by molar-refractivity contribution is 6.04. The predicted molar refractivity (Wildman–Crippen MR) is 84.5 cm³/mol. The highest BCUT2D eigenvalue weighted by Gasteiger charge is 2.43. The van der Waals surface area contributed by atoms with Crippen LogP contribution in [-0.2, 0) is 4.79 Å². The van der Waals surface area contributed by atoms with E-state index in [1.807, 2.05) is 18.2 Å². The van der Waals surface area contributed by atoms with Crippen molar-refractivity contribution in [2.24, 2.45) is 17.8 Å². The van der Waals surface area contributed by atoms with E-state index >= 15 is 0 Å². The number of amides is 2. The number of hydrogen-bond donors (Lipinski definition) is 2. The van der Waals surface area contributed by atoms with Gasteiger partial charge in [-0.05, 0) is 56.1 Å². The minimum Gasteiger partial charge on any atom is -0.349 e. The molecule has 0 saturated heterocycles. The Morgan fingerprint density at radius 3 is 2.50 bits per heavy atom. The van der Waals surface area contributed by atoms with Gasteiger partial charge in [-0.15, -0.1) is 0 Å². The Bertz CT molecular complexity index is 609. The smallest absolute Gasteiger partial charge is 0.253 e. The van der Waals surface area contributed by atoms with Gasteiger partial charge >= 0.3 is 0 Å². The first-order valence-electron chi connectivity index (χ1n) is 8.41. The lowest BCUT2D eigenvalue weighted by Gasteiger charge is -2.21. The normalized spacial score (nSPS) is 29.4. The summed E-state index contributed by atoms with van der Waals surface area (Å²) >= 11 is 0. The Hall–Kier alpha value is -1.84. The van der Waals surface area contributed by atoms with Crippen LogP contribution in [0.5, 0.6) is 0 Å². The average molecular weight is 298 g/mol. The van der Waals surface area contributed by atoms with Gasteiger partial charge in [0.25, 0.3) is 5.91 Å². The Labute approximate surface area is 130 Å². The van der Waals surface area contributed by atoms with Gasteiger partial charge < -0.3 is 10.6 Å². The van der Waals surface area contributed by atoms with Gasteiger partial charge in [0, 0.05) is 12.0 Å². The van der Waals surface area contributed by atoms with Crippen molar-refractivity contribution in [1.82, 2.24) is 5.32 Å². The highest BCUT2D eigenvalue weighted by Crippen LogP contribution is 2.48. The first-order valence-corrected chi connectivity index (χ1v) is 8.41. The van der Waals surface area contributed by atoms with Gasteiger partial charge in [-0.25, -0.2) is 0 Å². The molecule has 3 saturated carbocycles. The number of rotatable bonds is 4. The Kier molecular flexibility index (Phi) is 3.40. The third-order valence-corrected chi connectivity index (χ3v) is 5.42. The van der Waals surface area contributed by atoms with Crippen LogP contribution in [0.2, 0.25) is 0 Å². The Morgan fingerprint density at radius 2 is 1.82 bits per heavy atom. The SMILES string of the molecule is O=C(NC1CC1)c1ccccc1NC(=O)C1CC2CCC1C2. The van der Waals surface area contributed by atoms with Gasteiger partial charge in [0.1, 0.15) is 0 Å². The van der Waals surface area contributed by atoms with Crippen molar-refractivity contribution in [2.75, 3.05) is 5.32 Å². The zero-order valence-electron chi connectivity index (χ0n) is 12.7. The van der Waals surface area contributed by atoms with Crippen molar-refractivity contribution in [2.45, 2.75) is 44.6 Å². The van der Waals surface area contributed by atoms with Crippen molar-refractivity contribution in [3.05, 3.63) is 29.8 Å². The van der Waals surface area contributed by atoms with Crippen molar-refractivity contribution in [1.29, 1.82) is 0 Å². The van der Waals surface area contributed by atoms with E-state index in [4.69, 9.17) is 0 Å². The van der Waals surface area contributed by atoms with Crippen molar-refractivity contribution < 1.29 is 9.59 Å². The number of carbonyl (C=O) groups excluding carboxylic acids is 2. The molecule has 3 atom stereocenters. The molecule has 3 aliphatic carbocycles. The topological polar surface area (TPSA) is 58.2 Å². The lowest BCUT2D eigenvalue weighted by Crippen LogP contribution is -2.30. The predicted octanol–water partition coefficient (Wildman–Crippen LogP) is 2.95. The monoisotopic (exact) mass is 298 g/mol. The number of hydrogen-bond acceptors (Lipinski definition) is 2. The quantitative estimate of drug-likeness (QED) is 0.898. The van der Waals surface area contributed by atoms with Crippen molar-refractivity contribution in [3.8, 4) is 0 Å². The molecule has 2 bridgehead atoms. The lowest BCUT2D eigenvalue weighted by molar-refractivity contribution is -0.121. The molecule has 0 heterocycles. The zero-order valence-corrected chi connectivity index (χ0v) is 12.7. The van der Waals surface area contributed by atoms with E-state index in [0.717, 1.165) is 25.2 Å². The lowest BCUT2D eigenvalue weighted by atomic mass is 9.88. The molecule has 1 aromatic rings. The summed E-state index contributed by atoms with van der Waals surface area (Å²) in [7, 11) is 0. The zero-order chi connectivity index (χ0) is 15.1. The molecule has 3 aliphatic rings. The van der Waals surface area contributed by atoms with E-state index in [1.165, 1.54) is 19.3 Å². The van der Waals surface area contributed by atoms with E-state index in [0.29, 0.717) is 23.2 Å². The highest BCUT2D eigenvalue weighted by atomic mass is 16.2. The molecule has 4 heteroatoms. The Balaban J connectivity index is 1.47. The second kappa shape index (κ2) is 5.41. The Morgan fingerprint density at radius 1 is 1.00 bits per heavy atom. The summed E-state index contributed by atoms with van der Waals surface area (Å²) in [4.78, 5) is 24.9. The molecule has 22 heavy (non-hydrogen) atoms. The summed E-state index contributed by atoms with van der Waals surface area (Å²) in [6, 6.07) is 7.64. The van der Waals surface area contributed by atoms with Crippen LogP contribution in [0.25, 0.3) is 0 Å². The van der Waals surface area contributed by atoms with Gasteiger partial charge in [0.05, 0.1) is 11.3 Å². The molecule has 0 spiro atoms. The third-order valence-electron chi connectivity index (χ3n) is 5.42. The minimum atomic E-state index is -0.0775. The van der Waals surface area contributed by atoms with Crippen LogP contribution >= 0.6 is 0 Å². The van der Waals surface area contributed by atoms with Crippen LogP contribution in [0.3, 0.4) is 0 Å². The van der Waals surface area contributed by atoms with Gasteiger partial charge in [-0.3, -0.25) is 9.59 Å². The van der Waals surface area contributed by atoms with Crippen molar-refractivity contribution >= 4 is 17.5 Å². The summed E-state index contributed by atoms with van der Waals surface area (Å²) in [5.74, 6) is 1.45. The molecular formula is C18H22N2O2. The summed E-state index contributed by atoms with van der Waals surface area (Å²) in [5, 5.41) is 6.00. The molecule has 3 fully saturated rings. The second-order valence-electron chi connectivity index (χ2n) is 7.06. The minimum absolute atomic E-state index is 0.0775. The fraction of sp³-hybridized carbons (Fsp3) is 0.556. The number of fused-ring (bicyclic) bond motifs is 2. The van der Waals surface area contributed by atoms with Crippen LogP contribution in [0, 0.1) is 17.8 Å². The summed E-state index contributed by atoms with van der Waals surface area (Å²) in [6.07, 6.45) is 6.83. The molecule has 3 unspecified atom stereocenters. The van der Waals surface area contributed by atoms with Crippen LogP contribution < -0.4 is 10.6 Å². The number of nitrogens with one attached hydrogen (secondary N) is 2. The molecule has 0 aromatic heterocycles. The first-order chi connectivity index (χ1) is 10.7. The fourth-order valence-corrected chi connectivity index (χ4v) is 4.07. The van der Waals surface area contributed by atoms with Crippen LogP contribution in [0.15, 0.2) is 24.3 Å². The molecule has 0 radical (unpaired) electrons. The van der Waals surface area contributed by atoms with Crippen LogP contribution in [0.4, 0.5) is 5.69 Å². The largest absolute Gasteiger partial charge is 0.349 e. The van der Waals surface area contributed by atoms with Crippen molar-refractivity contribution in [3.63, 3.8) is 0 Å². The van der Waals surface area contributed by atoms with E-state index in [-0.39, 0.29) is 17.7 Å². The summed E-state index contributed by atoms with van der Waals surface area (Å²) < 4.78 is 0. The molecule has 4 rings (SSSR count). The van der Waals surface area contributed by atoms with Crippen LogP contribution in [-0.4, -0.2) is 17.9 Å². The number of carbonyl (C=O) groups is 2. The molecule has 2 N–H and O–H groups in total.